The van der Waals surface area contributed by atoms with Crippen molar-refractivity contribution in [2.24, 2.45) is 0 Å². The Labute approximate surface area is 176 Å². The van der Waals surface area contributed by atoms with Crippen LogP contribution in [0.5, 0.6) is 17.2 Å². The lowest BCUT2D eigenvalue weighted by Crippen LogP contribution is -2.40. The molecule has 0 heterocycles. The molecule has 0 fully saturated rings. The summed E-state index contributed by atoms with van der Waals surface area (Å²) in [5.41, 5.74) is 0.988. The first-order valence-corrected chi connectivity index (χ1v) is 9.37. The summed E-state index contributed by atoms with van der Waals surface area (Å²) in [4.78, 5) is 12.3. The van der Waals surface area contributed by atoms with Gasteiger partial charge in [0.25, 0.3) is 5.91 Å². The number of carbonyl (C=O) groups excluding carboxylic acids is 1. The van der Waals surface area contributed by atoms with E-state index in [9.17, 15) is 4.79 Å². The molecule has 1 unspecified atom stereocenters. The van der Waals surface area contributed by atoms with Crippen LogP contribution in [0.2, 0.25) is 5.02 Å². The van der Waals surface area contributed by atoms with Crippen molar-refractivity contribution in [3.05, 3.63) is 53.1 Å². The molecule has 1 atom stereocenters. The summed E-state index contributed by atoms with van der Waals surface area (Å²) in [6.45, 7) is 0.703. The van der Waals surface area contributed by atoms with Gasteiger partial charge in [-0.2, -0.15) is 0 Å². The summed E-state index contributed by atoms with van der Waals surface area (Å²) in [7, 11) is 3.03. The minimum atomic E-state index is -0.722. The molecular weight excluding hydrogens is 394 g/mol. The quantitative estimate of drug-likeness (QED) is 0.569. The number of halogens is 1. The lowest BCUT2D eigenvalue weighted by molar-refractivity contribution is -0.132. The molecule has 0 aromatic heterocycles. The topological polar surface area (TPSA) is 66.0 Å². The minimum absolute atomic E-state index is 0.0962. The van der Waals surface area contributed by atoms with Gasteiger partial charge in [-0.05, 0) is 48.4 Å². The molecule has 0 saturated heterocycles. The third-order valence-electron chi connectivity index (χ3n) is 4.04. The number of methoxy groups -OCH3 is 2. The van der Waals surface area contributed by atoms with Crippen molar-refractivity contribution in [1.29, 1.82) is 0 Å². The van der Waals surface area contributed by atoms with Gasteiger partial charge in [0.05, 0.1) is 7.11 Å². The summed E-state index contributed by atoms with van der Waals surface area (Å²) in [5, 5.41) is 3.47. The zero-order valence-corrected chi connectivity index (χ0v) is 17.2. The Morgan fingerprint density at radius 1 is 1.14 bits per heavy atom. The van der Waals surface area contributed by atoms with Gasteiger partial charge in [0.15, 0.2) is 17.6 Å². The molecule has 0 spiro atoms. The average molecular weight is 418 g/mol. The maximum absolute atomic E-state index is 12.3. The van der Waals surface area contributed by atoms with Gasteiger partial charge >= 0.3 is 0 Å². The molecule has 2 aromatic carbocycles. The summed E-state index contributed by atoms with van der Waals surface area (Å²) >= 11 is 5.84. The highest BCUT2D eigenvalue weighted by molar-refractivity contribution is 6.30. The standard InChI is InChI=1S/C22H24ClNO5/c1-4-13-28-19-10-5-16(14-20(19)26-2)11-12-24-22(25)21(27-3)15-29-18-8-6-17(23)7-9-18/h1,5-10,14,21H,11-13,15H2,2-3H3,(H,24,25). The van der Waals surface area contributed by atoms with Crippen molar-refractivity contribution in [3.8, 4) is 29.6 Å². The monoisotopic (exact) mass is 417 g/mol. The third kappa shape index (κ3) is 7.22. The molecule has 0 saturated carbocycles. The van der Waals surface area contributed by atoms with Crippen molar-refractivity contribution in [3.63, 3.8) is 0 Å². The van der Waals surface area contributed by atoms with E-state index in [1.807, 2.05) is 12.1 Å². The van der Waals surface area contributed by atoms with Crippen LogP contribution in [0.25, 0.3) is 0 Å². The first kappa shape index (κ1) is 22.4. The molecule has 6 nitrogen and oxygen atoms in total. The molecule has 0 radical (unpaired) electrons. The summed E-state index contributed by atoms with van der Waals surface area (Å²) in [6.07, 6.45) is 5.10. The van der Waals surface area contributed by atoms with E-state index in [0.717, 1.165) is 5.56 Å². The SMILES string of the molecule is C#CCOc1ccc(CCNC(=O)C(COc2ccc(Cl)cc2)OC)cc1OC. The summed E-state index contributed by atoms with van der Waals surface area (Å²) < 4.78 is 21.6. The second-order valence-corrected chi connectivity index (χ2v) is 6.44. The Morgan fingerprint density at radius 2 is 1.90 bits per heavy atom. The maximum Gasteiger partial charge on any atom is 0.252 e. The molecule has 29 heavy (non-hydrogen) atoms. The van der Waals surface area contributed by atoms with Crippen LogP contribution in [-0.4, -0.2) is 46.0 Å². The van der Waals surface area contributed by atoms with Crippen molar-refractivity contribution in [1.82, 2.24) is 5.32 Å². The van der Waals surface area contributed by atoms with Gasteiger partial charge in [-0.15, -0.1) is 6.42 Å². The third-order valence-corrected chi connectivity index (χ3v) is 4.30. The van der Waals surface area contributed by atoms with Gasteiger partial charge in [0.1, 0.15) is 19.0 Å². The number of terminal acetylenes is 1. The molecule has 7 heteroatoms. The van der Waals surface area contributed by atoms with Crippen LogP contribution in [0.3, 0.4) is 0 Å². The smallest absolute Gasteiger partial charge is 0.252 e. The number of benzene rings is 2. The zero-order chi connectivity index (χ0) is 21.1. The van der Waals surface area contributed by atoms with E-state index < -0.39 is 6.10 Å². The van der Waals surface area contributed by atoms with Crippen LogP contribution in [-0.2, 0) is 16.0 Å². The lowest BCUT2D eigenvalue weighted by atomic mass is 10.1. The molecule has 0 aliphatic carbocycles. The van der Waals surface area contributed by atoms with Gasteiger partial charge in [-0.25, -0.2) is 0 Å². The second-order valence-electron chi connectivity index (χ2n) is 6.01. The highest BCUT2D eigenvalue weighted by Gasteiger charge is 2.18. The number of carbonyl (C=O) groups is 1. The lowest BCUT2D eigenvalue weighted by Gasteiger charge is -2.16. The Hall–Kier alpha value is -2.88. The van der Waals surface area contributed by atoms with Gasteiger partial charge in [0, 0.05) is 18.7 Å². The number of nitrogens with one attached hydrogen (secondary N) is 1. The van der Waals surface area contributed by atoms with Crippen molar-refractivity contribution in [2.75, 3.05) is 34.0 Å². The average Bonchev–Trinajstić information content (AvgIpc) is 2.74. The predicted molar refractivity (Wildman–Crippen MR) is 112 cm³/mol. The number of amides is 1. The van der Waals surface area contributed by atoms with Crippen LogP contribution in [0.15, 0.2) is 42.5 Å². The van der Waals surface area contributed by atoms with Crippen molar-refractivity contribution in [2.45, 2.75) is 12.5 Å². The van der Waals surface area contributed by atoms with E-state index in [4.69, 9.17) is 37.0 Å². The molecule has 0 aliphatic heterocycles. The van der Waals surface area contributed by atoms with Crippen LogP contribution >= 0.6 is 11.6 Å². The fourth-order valence-corrected chi connectivity index (χ4v) is 2.63. The highest BCUT2D eigenvalue weighted by Crippen LogP contribution is 2.28. The van der Waals surface area contributed by atoms with E-state index in [1.165, 1.54) is 7.11 Å². The van der Waals surface area contributed by atoms with Gasteiger partial charge in [-0.3, -0.25) is 4.79 Å². The summed E-state index contributed by atoms with van der Waals surface area (Å²) in [5.74, 6) is 3.95. The first-order valence-electron chi connectivity index (χ1n) is 8.99. The van der Waals surface area contributed by atoms with E-state index >= 15 is 0 Å². The molecule has 1 amide bonds. The van der Waals surface area contributed by atoms with Crippen molar-refractivity contribution >= 4 is 17.5 Å². The van der Waals surface area contributed by atoms with E-state index in [0.29, 0.717) is 35.2 Å². The molecule has 154 valence electrons. The number of hydrogen-bond acceptors (Lipinski definition) is 5. The number of ether oxygens (including phenoxy) is 4. The normalized spacial score (nSPS) is 11.2. The van der Waals surface area contributed by atoms with Crippen LogP contribution in [0.4, 0.5) is 0 Å². The van der Waals surface area contributed by atoms with E-state index in [1.54, 1.807) is 37.4 Å². The molecule has 2 rings (SSSR count). The van der Waals surface area contributed by atoms with Gasteiger partial charge in [-0.1, -0.05) is 23.6 Å². The second kappa shape index (κ2) is 11.8. The van der Waals surface area contributed by atoms with E-state index in [-0.39, 0.29) is 19.1 Å². The highest BCUT2D eigenvalue weighted by atomic mass is 35.5. The predicted octanol–water partition coefficient (Wildman–Crippen LogP) is 3.11. The molecule has 0 bridgehead atoms. The Bertz CT molecular complexity index is 832. The molecule has 1 N–H and O–H groups in total. The van der Waals surface area contributed by atoms with Gasteiger partial charge < -0.3 is 24.3 Å². The zero-order valence-electron chi connectivity index (χ0n) is 16.4. The Balaban J connectivity index is 1.82. The van der Waals surface area contributed by atoms with Crippen LogP contribution < -0.4 is 19.5 Å². The molecule has 0 aliphatic rings. The van der Waals surface area contributed by atoms with Gasteiger partial charge in [0.2, 0.25) is 0 Å². The minimum Gasteiger partial charge on any atom is -0.493 e. The summed E-state index contributed by atoms with van der Waals surface area (Å²) in [6, 6.07) is 12.5. The largest absolute Gasteiger partial charge is 0.493 e. The first-order chi connectivity index (χ1) is 14.1. The van der Waals surface area contributed by atoms with Crippen LogP contribution in [0, 0.1) is 12.3 Å². The van der Waals surface area contributed by atoms with Crippen LogP contribution in [0.1, 0.15) is 5.56 Å². The molecular formula is C22H24ClNO5. The fourth-order valence-electron chi connectivity index (χ4n) is 2.50. The molecule has 2 aromatic rings. The van der Waals surface area contributed by atoms with Crippen molar-refractivity contribution < 1.29 is 23.7 Å². The Morgan fingerprint density at radius 3 is 2.55 bits per heavy atom. The fraction of sp³-hybridized carbons (Fsp3) is 0.318. The number of rotatable bonds is 11. The Kier molecular flexibility index (Phi) is 9.16. The van der Waals surface area contributed by atoms with E-state index in [2.05, 4.69) is 11.2 Å². The maximum atomic E-state index is 12.3. The number of hydrogen-bond donors (Lipinski definition) is 1.